The quantitative estimate of drug-likeness (QED) is 0.894. The molecular weight excluding hydrogens is 242 g/mol. The summed E-state index contributed by atoms with van der Waals surface area (Å²) in [6.45, 7) is 0. The van der Waals surface area contributed by atoms with E-state index in [1.165, 1.54) is 19.3 Å². The van der Waals surface area contributed by atoms with E-state index in [2.05, 4.69) is 20.8 Å². The number of nitrogens with one attached hydrogen (secondary N) is 1. The summed E-state index contributed by atoms with van der Waals surface area (Å²) in [6.07, 6.45) is 11.3. The van der Waals surface area contributed by atoms with Crippen LogP contribution in [0.25, 0.3) is 0 Å². The smallest absolute Gasteiger partial charge is 0.248 e. The molecule has 0 unspecified atom stereocenters. The van der Waals surface area contributed by atoms with Gasteiger partial charge in [0.2, 0.25) is 5.91 Å². The lowest BCUT2D eigenvalue weighted by Crippen LogP contribution is -2.52. The van der Waals surface area contributed by atoms with Crippen molar-refractivity contribution in [1.29, 1.82) is 0 Å². The predicted octanol–water partition coefficient (Wildman–Crippen LogP) is 1.39. The predicted molar refractivity (Wildman–Crippen MR) is 69.3 cm³/mol. The van der Waals surface area contributed by atoms with Crippen molar-refractivity contribution in [1.82, 2.24) is 25.5 Å². The molecule has 1 aromatic rings. The first-order valence-electron chi connectivity index (χ1n) is 7.36. The normalized spacial score (nSPS) is 23.4. The Labute approximate surface area is 112 Å². The monoisotopic (exact) mass is 263 g/mol. The van der Waals surface area contributed by atoms with Crippen LogP contribution in [0.5, 0.6) is 0 Å². The molecule has 1 amide bonds. The van der Waals surface area contributed by atoms with E-state index in [4.69, 9.17) is 0 Å². The van der Waals surface area contributed by atoms with E-state index in [0.717, 1.165) is 38.5 Å². The van der Waals surface area contributed by atoms with Crippen LogP contribution in [-0.4, -0.2) is 32.2 Å². The second-order valence-corrected chi connectivity index (χ2v) is 5.80. The Bertz CT molecular complexity index is 418. The highest BCUT2D eigenvalue weighted by Crippen LogP contribution is 2.35. The van der Waals surface area contributed by atoms with Crippen molar-refractivity contribution in [2.24, 2.45) is 0 Å². The van der Waals surface area contributed by atoms with Crippen molar-refractivity contribution in [2.45, 2.75) is 69.4 Å². The summed E-state index contributed by atoms with van der Waals surface area (Å²) in [4.78, 5) is 12.7. The first-order chi connectivity index (χ1) is 9.31. The number of aromatic nitrogens is 4. The third-order valence-electron chi connectivity index (χ3n) is 4.58. The molecule has 2 saturated carbocycles. The lowest BCUT2D eigenvalue weighted by molar-refractivity contribution is -0.133. The Balaban J connectivity index is 1.80. The summed E-state index contributed by atoms with van der Waals surface area (Å²) in [5.41, 5.74) is -0.551. The van der Waals surface area contributed by atoms with Crippen molar-refractivity contribution in [3.63, 3.8) is 0 Å². The van der Waals surface area contributed by atoms with Crippen LogP contribution >= 0.6 is 0 Å². The van der Waals surface area contributed by atoms with Gasteiger partial charge < -0.3 is 5.32 Å². The summed E-state index contributed by atoms with van der Waals surface area (Å²) >= 11 is 0. The summed E-state index contributed by atoms with van der Waals surface area (Å²) < 4.78 is 1.68. The van der Waals surface area contributed by atoms with Crippen molar-refractivity contribution in [3.05, 3.63) is 6.33 Å². The molecule has 1 aromatic heterocycles. The van der Waals surface area contributed by atoms with E-state index in [9.17, 15) is 4.79 Å². The number of carbonyl (C=O) groups excluding carboxylic acids is 1. The number of tetrazole rings is 1. The van der Waals surface area contributed by atoms with Crippen LogP contribution in [0.4, 0.5) is 0 Å². The molecule has 2 fully saturated rings. The summed E-state index contributed by atoms with van der Waals surface area (Å²) in [5, 5.41) is 14.6. The summed E-state index contributed by atoms with van der Waals surface area (Å²) in [6, 6.07) is 0.350. The zero-order valence-corrected chi connectivity index (χ0v) is 11.2. The zero-order valence-electron chi connectivity index (χ0n) is 11.2. The third-order valence-corrected chi connectivity index (χ3v) is 4.58. The number of hydrogen-bond donors (Lipinski definition) is 1. The minimum Gasteiger partial charge on any atom is -0.351 e. The molecule has 2 aliphatic rings. The Kier molecular flexibility index (Phi) is 3.48. The molecule has 1 N–H and O–H groups in total. The van der Waals surface area contributed by atoms with Gasteiger partial charge >= 0.3 is 0 Å². The lowest BCUT2D eigenvalue weighted by Gasteiger charge is -2.36. The second-order valence-electron chi connectivity index (χ2n) is 5.80. The fraction of sp³-hybridized carbons (Fsp3) is 0.846. The molecule has 19 heavy (non-hydrogen) atoms. The standard InChI is InChI=1S/C13H21N5O/c19-12(15-11-6-2-3-7-11)13(8-4-1-5-9-13)18-10-14-16-17-18/h10-11H,1-9H2,(H,15,19). The second kappa shape index (κ2) is 5.27. The van der Waals surface area contributed by atoms with Crippen molar-refractivity contribution >= 4 is 5.91 Å². The number of nitrogens with zero attached hydrogens (tertiary/aromatic N) is 4. The Morgan fingerprint density at radius 1 is 1.16 bits per heavy atom. The van der Waals surface area contributed by atoms with Gasteiger partial charge in [0.15, 0.2) is 0 Å². The minimum atomic E-state index is -0.551. The van der Waals surface area contributed by atoms with E-state index >= 15 is 0 Å². The molecule has 0 saturated heterocycles. The average Bonchev–Trinajstić information content (AvgIpc) is 3.12. The fourth-order valence-corrected chi connectivity index (χ4v) is 3.44. The van der Waals surface area contributed by atoms with E-state index < -0.39 is 5.54 Å². The molecule has 3 rings (SSSR count). The van der Waals surface area contributed by atoms with Crippen LogP contribution in [0.3, 0.4) is 0 Å². The summed E-state index contributed by atoms with van der Waals surface area (Å²) in [7, 11) is 0. The fourth-order valence-electron chi connectivity index (χ4n) is 3.44. The largest absolute Gasteiger partial charge is 0.351 e. The number of carbonyl (C=O) groups is 1. The van der Waals surface area contributed by atoms with Gasteiger partial charge in [-0.05, 0) is 36.1 Å². The molecule has 104 valence electrons. The van der Waals surface area contributed by atoms with Crippen LogP contribution < -0.4 is 5.32 Å². The average molecular weight is 263 g/mol. The van der Waals surface area contributed by atoms with Crippen molar-refractivity contribution < 1.29 is 4.79 Å². The maximum atomic E-state index is 12.7. The summed E-state index contributed by atoms with van der Waals surface area (Å²) in [5.74, 6) is 0.117. The van der Waals surface area contributed by atoms with Gasteiger partial charge in [0.05, 0.1) is 0 Å². The molecule has 0 bridgehead atoms. The number of amides is 1. The lowest BCUT2D eigenvalue weighted by atomic mass is 9.81. The molecule has 6 heteroatoms. The highest BCUT2D eigenvalue weighted by molar-refractivity contribution is 5.84. The molecule has 0 aromatic carbocycles. The molecule has 6 nitrogen and oxygen atoms in total. The Morgan fingerprint density at radius 2 is 1.89 bits per heavy atom. The molecule has 0 aliphatic heterocycles. The van der Waals surface area contributed by atoms with Gasteiger partial charge in [-0.1, -0.05) is 32.1 Å². The first kappa shape index (κ1) is 12.6. The van der Waals surface area contributed by atoms with Crippen LogP contribution in [-0.2, 0) is 10.3 Å². The maximum absolute atomic E-state index is 12.7. The van der Waals surface area contributed by atoms with Gasteiger partial charge in [0.25, 0.3) is 0 Å². The van der Waals surface area contributed by atoms with Crippen molar-refractivity contribution in [2.75, 3.05) is 0 Å². The maximum Gasteiger partial charge on any atom is 0.248 e. The van der Waals surface area contributed by atoms with Gasteiger partial charge in [-0.25, -0.2) is 4.68 Å². The van der Waals surface area contributed by atoms with E-state index in [0.29, 0.717) is 6.04 Å². The molecule has 0 spiro atoms. The molecular formula is C13H21N5O. The Hall–Kier alpha value is -1.46. The number of hydrogen-bond acceptors (Lipinski definition) is 4. The van der Waals surface area contributed by atoms with Crippen molar-refractivity contribution in [3.8, 4) is 0 Å². The zero-order chi connectivity index (χ0) is 13.1. The van der Waals surface area contributed by atoms with Gasteiger partial charge in [-0.3, -0.25) is 4.79 Å². The SMILES string of the molecule is O=C(NC1CCCC1)C1(n2cnnn2)CCCCC1. The van der Waals surface area contributed by atoms with E-state index in [-0.39, 0.29) is 5.91 Å². The van der Waals surface area contributed by atoms with Gasteiger partial charge in [0, 0.05) is 6.04 Å². The van der Waals surface area contributed by atoms with Gasteiger partial charge in [-0.2, -0.15) is 0 Å². The van der Waals surface area contributed by atoms with Crippen LogP contribution in [0, 0.1) is 0 Å². The van der Waals surface area contributed by atoms with Gasteiger partial charge in [-0.15, -0.1) is 5.10 Å². The van der Waals surface area contributed by atoms with E-state index in [1.54, 1.807) is 11.0 Å². The third kappa shape index (κ3) is 2.35. The van der Waals surface area contributed by atoms with E-state index in [1.807, 2.05) is 0 Å². The minimum absolute atomic E-state index is 0.117. The highest BCUT2D eigenvalue weighted by Gasteiger charge is 2.43. The molecule has 1 heterocycles. The van der Waals surface area contributed by atoms with Crippen LogP contribution in [0.1, 0.15) is 57.8 Å². The molecule has 0 atom stereocenters. The molecule has 2 aliphatic carbocycles. The van der Waals surface area contributed by atoms with Gasteiger partial charge in [0.1, 0.15) is 11.9 Å². The number of rotatable bonds is 3. The van der Waals surface area contributed by atoms with Crippen LogP contribution in [0.2, 0.25) is 0 Å². The molecule has 0 radical (unpaired) electrons. The highest BCUT2D eigenvalue weighted by atomic mass is 16.2. The topological polar surface area (TPSA) is 72.7 Å². The van der Waals surface area contributed by atoms with Crippen LogP contribution in [0.15, 0.2) is 6.33 Å². The Morgan fingerprint density at radius 3 is 2.53 bits per heavy atom. The first-order valence-corrected chi connectivity index (χ1v) is 7.36.